The van der Waals surface area contributed by atoms with E-state index in [2.05, 4.69) is 28.8 Å². The topological polar surface area (TPSA) is 50.8 Å². The fourth-order valence-electron chi connectivity index (χ4n) is 1.87. The first kappa shape index (κ1) is 17.9. The molecular weight excluding hydrogens is 474 g/mol. The van der Waals surface area contributed by atoms with Crippen molar-refractivity contribution < 1.29 is 31.5 Å². The van der Waals surface area contributed by atoms with Gasteiger partial charge in [0, 0.05) is 6.92 Å². The Morgan fingerprint density at radius 3 is 3.16 bits per heavy atom. The van der Waals surface area contributed by atoms with Gasteiger partial charge in [-0.25, -0.2) is 0 Å². The fourth-order valence-corrected chi connectivity index (χ4v) is 4.40. The second-order valence-electron chi connectivity index (χ2n) is 4.49. The molecule has 0 aromatic heterocycles. The van der Waals surface area contributed by atoms with Gasteiger partial charge in [-0.3, -0.25) is 4.79 Å². The van der Waals surface area contributed by atoms with Gasteiger partial charge in [0.25, 0.3) is 0 Å². The minimum absolute atomic E-state index is 0.00197. The van der Waals surface area contributed by atoms with E-state index >= 15 is 0 Å². The standard InChI is InChI=1S/C12H23I2N2O3/c1-11(17)15-9-12-10-16(5-8-19-12)4-7-18-6-2-3-14-13/h12H,2-10H2,1H3,(H,15,17)/q-1. The van der Waals surface area contributed by atoms with E-state index in [0.717, 1.165) is 39.5 Å². The van der Waals surface area contributed by atoms with E-state index in [-0.39, 0.29) is 12.0 Å². The molecule has 1 heterocycles. The predicted molar refractivity (Wildman–Crippen MR) is 79.2 cm³/mol. The van der Waals surface area contributed by atoms with Crippen molar-refractivity contribution in [2.24, 2.45) is 0 Å². The molecule has 0 aliphatic carbocycles. The van der Waals surface area contributed by atoms with Crippen molar-refractivity contribution in [3.63, 3.8) is 0 Å². The van der Waals surface area contributed by atoms with E-state index in [1.54, 1.807) is 0 Å². The molecule has 1 fully saturated rings. The number of alkyl halides is 1. The summed E-state index contributed by atoms with van der Waals surface area (Å²) < 4.78 is 12.6. The van der Waals surface area contributed by atoms with Gasteiger partial charge in [-0.05, 0) is 0 Å². The maximum atomic E-state index is 10.9. The first-order valence-corrected chi connectivity index (χ1v) is 14.4. The van der Waals surface area contributed by atoms with Crippen LogP contribution in [0.15, 0.2) is 0 Å². The molecule has 1 aliphatic heterocycles. The number of amides is 1. The Morgan fingerprint density at radius 1 is 1.58 bits per heavy atom. The summed E-state index contributed by atoms with van der Waals surface area (Å²) in [6.07, 6.45) is 1.31. The monoisotopic (exact) mass is 497 g/mol. The van der Waals surface area contributed by atoms with Gasteiger partial charge in [-0.15, -0.1) is 0 Å². The molecular formula is C12H23I2N2O3-. The van der Waals surface area contributed by atoms with E-state index in [9.17, 15) is 4.79 Å². The zero-order valence-corrected chi connectivity index (χ0v) is 15.7. The summed E-state index contributed by atoms with van der Waals surface area (Å²) in [6.45, 7) is 7.36. The quantitative estimate of drug-likeness (QED) is 0.221. The van der Waals surface area contributed by atoms with Gasteiger partial charge in [0.2, 0.25) is 0 Å². The van der Waals surface area contributed by atoms with Gasteiger partial charge >= 0.3 is 124 Å². The van der Waals surface area contributed by atoms with Gasteiger partial charge in [0.1, 0.15) is 0 Å². The van der Waals surface area contributed by atoms with Crippen LogP contribution in [-0.4, -0.2) is 67.3 Å². The van der Waals surface area contributed by atoms with Gasteiger partial charge in [-0.2, -0.15) is 0 Å². The van der Waals surface area contributed by atoms with Crippen molar-refractivity contribution >= 4 is 24.5 Å². The van der Waals surface area contributed by atoms with Crippen LogP contribution < -0.4 is 22.5 Å². The van der Waals surface area contributed by atoms with Crippen molar-refractivity contribution in [3.05, 3.63) is 0 Å². The predicted octanol–water partition coefficient (Wildman–Crippen LogP) is -2.33. The van der Waals surface area contributed by atoms with E-state index in [4.69, 9.17) is 9.47 Å². The maximum absolute atomic E-state index is 10.9. The third-order valence-electron chi connectivity index (χ3n) is 2.85. The number of rotatable bonds is 9. The second-order valence-corrected chi connectivity index (χ2v) is 10.0. The SMILES string of the molecule is CC(=O)NCC1CN(CCOCCC[I-]I)CCO1. The third-order valence-corrected chi connectivity index (χ3v) is 6.75. The summed E-state index contributed by atoms with van der Waals surface area (Å²) in [4.78, 5) is 13.2. The van der Waals surface area contributed by atoms with Gasteiger partial charge < -0.3 is 0 Å². The average Bonchev–Trinajstić information content (AvgIpc) is 2.41. The molecule has 0 spiro atoms. The first-order valence-electron chi connectivity index (χ1n) is 6.58. The van der Waals surface area contributed by atoms with Crippen molar-refractivity contribution in [2.75, 3.05) is 50.4 Å². The second kappa shape index (κ2) is 11.5. The van der Waals surface area contributed by atoms with Crippen LogP contribution in [-0.2, 0) is 14.3 Å². The molecule has 7 heteroatoms. The number of carbonyl (C=O) groups is 1. The molecule has 1 unspecified atom stereocenters. The van der Waals surface area contributed by atoms with Crippen LogP contribution in [0.5, 0.6) is 0 Å². The number of nitrogens with zero attached hydrogens (tertiary/aromatic N) is 1. The Hall–Kier alpha value is 0.810. The van der Waals surface area contributed by atoms with Crippen molar-refractivity contribution in [1.82, 2.24) is 10.2 Å². The Kier molecular flexibility index (Phi) is 10.8. The summed E-state index contributed by atoms with van der Waals surface area (Å²) in [5.41, 5.74) is 0. The zero-order chi connectivity index (χ0) is 13.9. The summed E-state index contributed by atoms with van der Waals surface area (Å²) in [5.74, 6) is 0.00197. The summed E-state index contributed by atoms with van der Waals surface area (Å²) in [5, 5.41) is 2.81. The number of hydrogen-bond acceptors (Lipinski definition) is 4. The summed E-state index contributed by atoms with van der Waals surface area (Å²) in [6, 6.07) is 0. The summed E-state index contributed by atoms with van der Waals surface area (Å²) >= 11 is 2.89. The van der Waals surface area contributed by atoms with Crippen molar-refractivity contribution in [1.29, 1.82) is 0 Å². The third kappa shape index (κ3) is 9.38. The van der Waals surface area contributed by atoms with Crippen LogP contribution in [0.1, 0.15) is 13.3 Å². The van der Waals surface area contributed by atoms with Crippen LogP contribution >= 0.6 is 18.6 Å². The molecule has 0 radical (unpaired) electrons. The number of halogens is 2. The molecule has 1 rings (SSSR count). The number of ether oxygens (including phenoxy) is 2. The van der Waals surface area contributed by atoms with Crippen molar-refractivity contribution in [3.8, 4) is 0 Å². The molecule has 5 nitrogen and oxygen atoms in total. The van der Waals surface area contributed by atoms with E-state index in [1.165, 1.54) is 17.8 Å². The van der Waals surface area contributed by atoms with E-state index in [1.807, 2.05) is 0 Å². The van der Waals surface area contributed by atoms with Gasteiger partial charge in [-0.1, -0.05) is 0 Å². The van der Waals surface area contributed by atoms with Crippen LogP contribution in [0.4, 0.5) is 0 Å². The van der Waals surface area contributed by atoms with Crippen LogP contribution in [0, 0.1) is 0 Å². The summed E-state index contributed by atoms with van der Waals surface area (Å²) in [7, 11) is 0. The van der Waals surface area contributed by atoms with Crippen LogP contribution in [0.3, 0.4) is 0 Å². The number of nitrogens with one attached hydrogen (secondary N) is 1. The minimum atomic E-state index is 0.00197. The van der Waals surface area contributed by atoms with Gasteiger partial charge in [0.05, 0.1) is 0 Å². The fraction of sp³-hybridized carbons (Fsp3) is 0.917. The molecule has 114 valence electrons. The van der Waals surface area contributed by atoms with Crippen LogP contribution in [0.2, 0.25) is 0 Å². The van der Waals surface area contributed by atoms with Gasteiger partial charge in [0.15, 0.2) is 0 Å². The molecule has 0 bridgehead atoms. The van der Waals surface area contributed by atoms with Crippen LogP contribution in [0.25, 0.3) is 0 Å². The molecule has 1 aliphatic rings. The Morgan fingerprint density at radius 2 is 2.42 bits per heavy atom. The van der Waals surface area contributed by atoms with E-state index in [0.29, 0.717) is 23.8 Å². The number of carbonyl (C=O) groups excluding carboxylic acids is 1. The average molecular weight is 497 g/mol. The molecule has 1 N–H and O–H groups in total. The molecule has 0 saturated carbocycles. The number of hydrogen-bond donors (Lipinski definition) is 1. The number of morpholine rings is 1. The molecule has 1 amide bonds. The van der Waals surface area contributed by atoms with Crippen molar-refractivity contribution in [2.45, 2.75) is 19.4 Å². The van der Waals surface area contributed by atoms with E-state index < -0.39 is 0 Å². The first-order chi connectivity index (χ1) is 9.22. The zero-order valence-electron chi connectivity index (χ0n) is 11.4. The Balaban J connectivity index is 2.04. The Labute approximate surface area is 135 Å². The molecule has 0 aromatic carbocycles. The Bertz CT molecular complexity index is 257. The normalized spacial score (nSPS) is 20.6. The molecule has 1 saturated heterocycles. The molecule has 0 aromatic rings. The molecule has 19 heavy (non-hydrogen) atoms. The molecule has 1 atom stereocenters.